The third kappa shape index (κ3) is 4.43. The molecule has 1 unspecified atom stereocenters. The molecule has 4 rings (SSSR count). The van der Waals surface area contributed by atoms with Crippen LogP contribution < -0.4 is 5.32 Å². The number of imidazole rings is 1. The number of amides is 2. The molecule has 2 aromatic carbocycles. The number of aromatic nitrogens is 2. The van der Waals surface area contributed by atoms with E-state index in [9.17, 15) is 14.4 Å². The fourth-order valence-electron chi connectivity index (χ4n) is 4.06. The van der Waals surface area contributed by atoms with Gasteiger partial charge in [0.05, 0.1) is 20.0 Å². The van der Waals surface area contributed by atoms with Gasteiger partial charge in [0.15, 0.2) is 5.69 Å². The molecule has 2 amide bonds. The SMILES string of the molecule is COC(=O)c1ncn2c1C(=O)N(Cc1ccc(SC)cc1)C(C)(C(=O)NCc1ccccc1)C2. The number of fused-ring (bicyclic) bond motifs is 1. The lowest BCUT2D eigenvalue weighted by Gasteiger charge is -2.43. The molecule has 0 fully saturated rings. The monoisotopic (exact) mass is 478 g/mol. The molecule has 2 heterocycles. The molecular formula is C25H26N4O4S. The average Bonchev–Trinajstić information content (AvgIpc) is 3.29. The molecule has 0 saturated carbocycles. The van der Waals surface area contributed by atoms with Crippen LogP contribution in [0.2, 0.25) is 0 Å². The number of esters is 1. The van der Waals surface area contributed by atoms with Crippen LogP contribution in [0.4, 0.5) is 0 Å². The highest BCUT2D eigenvalue weighted by molar-refractivity contribution is 7.98. The van der Waals surface area contributed by atoms with Crippen molar-refractivity contribution in [2.24, 2.45) is 0 Å². The zero-order chi connectivity index (χ0) is 24.3. The van der Waals surface area contributed by atoms with E-state index in [1.165, 1.54) is 18.3 Å². The van der Waals surface area contributed by atoms with Gasteiger partial charge in [-0.1, -0.05) is 42.5 Å². The molecular weight excluding hydrogens is 452 g/mol. The minimum Gasteiger partial charge on any atom is -0.464 e. The van der Waals surface area contributed by atoms with Crippen LogP contribution in [0.1, 0.15) is 39.0 Å². The molecule has 0 saturated heterocycles. The molecule has 0 aliphatic carbocycles. The normalized spacial score (nSPS) is 17.3. The van der Waals surface area contributed by atoms with Crippen LogP contribution in [0.25, 0.3) is 0 Å². The Labute approximate surface area is 202 Å². The van der Waals surface area contributed by atoms with Gasteiger partial charge in [-0.25, -0.2) is 9.78 Å². The predicted octanol–water partition coefficient (Wildman–Crippen LogP) is 3.12. The first kappa shape index (κ1) is 23.6. The second-order valence-corrected chi connectivity index (χ2v) is 9.12. The molecule has 3 aromatic rings. The predicted molar refractivity (Wildman–Crippen MR) is 128 cm³/mol. The topological polar surface area (TPSA) is 93.5 Å². The first-order valence-electron chi connectivity index (χ1n) is 10.8. The minimum atomic E-state index is -1.20. The number of carbonyl (C=O) groups excluding carboxylic acids is 3. The molecule has 9 heteroatoms. The van der Waals surface area contributed by atoms with E-state index in [-0.39, 0.29) is 30.4 Å². The number of hydrogen-bond donors (Lipinski definition) is 1. The Morgan fingerprint density at radius 2 is 1.82 bits per heavy atom. The van der Waals surface area contributed by atoms with Crippen molar-refractivity contribution in [2.45, 2.75) is 37.0 Å². The molecule has 1 aliphatic heterocycles. The summed E-state index contributed by atoms with van der Waals surface area (Å²) in [6.07, 6.45) is 3.40. The fourth-order valence-corrected chi connectivity index (χ4v) is 4.47. The summed E-state index contributed by atoms with van der Waals surface area (Å²) in [5.41, 5.74) is 0.700. The van der Waals surface area contributed by atoms with E-state index in [4.69, 9.17) is 4.74 Å². The lowest BCUT2D eigenvalue weighted by atomic mass is 9.93. The van der Waals surface area contributed by atoms with Crippen LogP contribution >= 0.6 is 11.8 Å². The zero-order valence-corrected chi connectivity index (χ0v) is 20.1. The van der Waals surface area contributed by atoms with Gasteiger partial charge in [-0.2, -0.15) is 0 Å². The first-order chi connectivity index (χ1) is 16.4. The van der Waals surface area contributed by atoms with Gasteiger partial charge < -0.3 is 19.5 Å². The summed E-state index contributed by atoms with van der Waals surface area (Å²) in [6.45, 7) is 2.43. The summed E-state index contributed by atoms with van der Waals surface area (Å²) in [5.74, 6) is -1.43. The number of carbonyl (C=O) groups is 3. The maximum atomic E-state index is 13.7. The van der Waals surface area contributed by atoms with Gasteiger partial charge in [0.25, 0.3) is 5.91 Å². The highest BCUT2D eigenvalue weighted by Crippen LogP contribution is 2.31. The lowest BCUT2D eigenvalue weighted by molar-refractivity contribution is -0.133. The van der Waals surface area contributed by atoms with Gasteiger partial charge in [0.2, 0.25) is 5.91 Å². The van der Waals surface area contributed by atoms with Crippen LogP contribution in [0.5, 0.6) is 0 Å². The number of nitrogens with one attached hydrogen (secondary N) is 1. The number of hydrogen-bond acceptors (Lipinski definition) is 6. The van der Waals surface area contributed by atoms with Crippen molar-refractivity contribution in [1.82, 2.24) is 19.8 Å². The Kier molecular flexibility index (Phi) is 6.74. The molecule has 1 aromatic heterocycles. The molecule has 0 radical (unpaired) electrons. The van der Waals surface area contributed by atoms with Crippen LogP contribution in [-0.4, -0.2) is 51.1 Å². The molecule has 1 N–H and O–H groups in total. The van der Waals surface area contributed by atoms with E-state index in [0.29, 0.717) is 6.54 Å². The maximum absolute atomic E-state index is 13.7. The molecule has 0 spiro atoms. The van der Waals surface area contributed by atoms with E-state index >= 15 is 0 Å². The van der Waals surface area contributed by atoms with E-state index in [1.807, 2.05) is 60.9 Å². The molecule has 176 valence electrons. The van der Waals surface area contributed by atoms with Crippen molar-refractivity contribution in [1.29, 1.82) is 0 Å². The first-order valence-corrected chi connectivity index (χ1v) is 12.0. The van der Waals surface area contributed by atoms with E-state index in [0.717, 1.165) is 16.0 Å². The Bertz CT molecular complexity index is 1210. The highest BCUT2D eigenvalue weighted by Gasteiger charge is 2.48. The highest BCUT2D eigenvalue weighted by atomic mass is 32.2. The summed E-state index contributed by atoms with van der Waals surface area (Å²) in [7, 11) is 1.24. The van der Waals surface area contributed by atoms with Crippen molar-refractivity contribution < 1.29 is 19.1 Å². The van der Waals surface area contributed by atoms with Gasteiger partial charge in [0.1, 0.15) is 11.2 Å². The molecule has 1 atom stereocenters. The standard InChI is InChI=1S/C25H26N4O4S/c1-25(24(32)26-13-17-7-5-4-6-8-17)15-28-16-27-20(23(31)33-2)21(28)22(30)29(25)14-18-9-11-19(34-3)12-10-18/h4-12,16H,13-15H2,1-3H3,(H,26,32). The second-order valence-electron chi connectivity index (χ2n) is 8.24. The van der Waals surface area contributed by atoms with Crippen molar-refractivity contribution in [3.63, 3.8) is 0 Å². The van der Waals surface area contributed by atoms with E-state index in [1.54, 1.807) is 23.3 Å². The summed E-state index contributed by atoms with van der Waals surface area (Å²) >= 11 is 1.63. The van der Waals surface area contributed by atoms with Crippen molar-refractivity contribution >= 4 is 29.5 Å². The van der Waals surface area contributed by atoms with E-state index < -0.39 is 17.4 Å². The Morgan fingerprint density at radius 1 is 1.12 bits per heavy atom. The fraction of sp³-hybridized carbons (Fsp3) is 0.280. The number of benzene rings is 2. The zero-order valence-electron chi connectivity index (χ0n) is 19.3. The third-order valence-corrected chi connectivity index (χ3v) is 6.77. The number of methoxy groups -OCH3 is 1. The summed E-state index contributed by atoms with van der Waals surface area (Å²) in [4.78, 5) is 46.2. The van der Waals surface area contributed by atoms with Crippen molar-refractivity contribution in [3.05, 3.63) is 83.4 Å². The quantitative estimate of drug-likeness (QED) is 0.414. The van der Waals surface area contributed by atoms with Gasteiger partial charge in [0, 0.05) is 18.0 Å². The number of thioether (sulfide) groups is 1. The molecule has 34 heavy (non-hydrogen) atoms. The number of nitrogens with zero attached hydrogens (tertiary/aromatic N) is 3. The smallest absolute Gasteiger partial charge is 0.359 e. The lowest BCUT2D eigenvalue weighted by Crippen LogP contribution is -2.63. The third-order valence-electron chi connectivity index (χ3n) is 6.02. The Morgan fingerprint density at radius 3 is 2.47 bits per heavy atom. The second kappa shape index (κ2) is 9.72. The van der Waals surface area contributed by atoms with E-state index in [2.05, 4.69) is 10.3 Å². The van der Waals surface area contributed by atoms with Crippen LogP contribution in [-0.2, 0) is 29.2 Å². The summed E-state index contributed by atoms with van der Waals surface area (Å²) in [5, 5.41) is 2.97. The number of rotatable bonds is 7. The minimum absolute atomic E-state index is 0.0537. The molecule has 0 bridgehead atoms. The van der Waals surface area contributed by atoms with Gasteiger partial charge in [-0.05, 0) is 36.4 Å². The van der Waals surface area contributed by atoms with Gasteiger partial charge in [-0.15, -0.1) is 11.8 Å². The number of ether oxygens (including phenoxy) is 1. The molecule has 8 nitrogen and oxygen atoms in total. The van der Waals surface area contributed by atoms with Gasteiger partial charge >= 0.3 is 5.97 Å². The summed E-state index contributed by atoms with van der Waals surface area (Å²) in [6, 6.07) is 17.4. The van der Waals surface area contributed by atoms with Crippen molar-refractivity contribution in [2.75, 3.05) is 13.4 Å². The molecule has 1 aliphatic rings. The van der Waals surface area contributed by atoms with Crippen LogP contribution in [0.3, 0.4) is 0 Å². The Balaban J connectivity index is 1.69. The Hall–Kier alpha value is -3.59. The largest absolute Gasteiger partial charge is 0.464 e. The average molecular weight is 479 g/mol. The van der Waals surface area contributed by atoms with Gasteiger partial charge in [-0.3, -0.25) is 9.59 Å². The van der Waals surface area contributed by atoms with Crippen molar-refractivity contribution in [3.8, 4) is 0 Å². The van der Waals surface area contributed by atoms with Crippen LogP contribution in [0, 0.1) is 0 Å². The summed E-state index contributed by atoms with van der Waals surface area (Å²) < 4.78 is 6.37. The maximum Gasteiger partial charge on any atom is 0.359 e. The van der Waals surface area contributed by atoms with Crippen LogP contribution in [0.15, 0.2) is 65.8 Å².